The zero-order valence-corrected chi connectivity index (χ0v) is 12.8. The fourth-order valence-electron chi connectivity index (χ4n) is 1.64. The van der Waals surface area contributed by atoms with Gasteiger partial charge in [0.2, 0.25) is 0 Å². The molecule has 0 bridgehead atoms. The second-order valence-corrected chi connectivity index (χ2v) is 6.34. The summed E-state index contributed by atoms with van der Waals surface area (Å²) >= 11 is 4.97. The zero-order chi connectivity index (χ0) is 13.3. The first-order valence-electron chi connectivity index (χ1n) is 5.49. The Hall–Kier alpha value is -1.20. The van der Waals surface area contributed by atoms with E-state index in [4.69, 9.17) is 0 Å². The number of nitrogens with zero attached hydrogens (tertiary/aromatic N) is 1. The highest BCUT2D eigenvalue weighted by Gasteiger charge is 2.14. The average Bonchev–Trinajstić information content (AvgIpc) is 2.62. The summed E-state index contributed by atoms with van der Waals surface area (Å²) in [6, 6.07) is 5.81. The van der Waals surface area contributed by atoms with Gasteiger partial charge in [-0.15, -0.1) is 11.3 Å². The maximum absolute atomic E-state index is 12.1. The van der Waals surface area contributed by atoms with Crippen molar-refractivity contribution in [1.82, 2.24) is 4.98 Å². The van der Waals surface area contributed by atoms with E-state index in [0.717, 1.165) is 25.6 Å². The Kier molecular flexibility index (Phi) is 3.82. The molecular weight excluding hydrogens is 312 g/mol. The van der Waals surface area contributed by atoms with E-state index in [1.807, 2.05) is 39.0 Å². The third kappa shape index (κ3) is 2.79. The number of thiazole rings is 1. The SMILES string of the molecule is Cc1ccc(NC(=O)c2nc(C)sc2C)c(Br)c1. The van der Waals surface area contributed by atoms with Crippen molar-refractivity contribution in [1.29, 1.82) is 0 Å². The van der Waals surface area contributed by atoms with Gasteiger partial charge in [-0.3, -0.25) is 4.79 Å². The van der Waals surface area contributed by atoms with Crippen LogP contribution < -0.4 is 5.32 Å². The van der Waals surface area contributed by atoms with Gasteiger partial charge in [0.15, 0.2) is 0 Å². The summed E-state index contributed by atoms with van der Waals surface area (Å²) in [5, 5.41) is 3.77. The summed E-state index contributed by atoms with van der Waals surface area (Å²) in [4.78, 5) is 17.3. The van der Waals surface area contributed by atoms with E-state index in [2.05, 4.69) is 26.2 Å². The molecule has 0 saturated heterocycles. The van der Waals surface area contributed by atoms with Crippen molar-refractivity contribution in [3.63, 3.8) is 0 Å². The molecule has 0 spiro atoms. The topological polar surface area (TPSA) is 42.0 Å². The van der Waals surface area contributed by atoms with Gasteiger partial charge in [-0.1, -0.05) is 6.07 Å². The molecule has 1 aromatic heterocycles. The van der Waals surface area contributed by atoms with Crippen LogP contribution >= 0.6 is 27.3 Å². The normalized spacial score (nSPS) is 10.4. The molecule has 0 unspecified atom stereocenters. The summed E-state index contributed by atoms with van der Waals surface area (Å²) in [7, 11) is 0. The van der Waals surface area contributed by atoms with Gasteiger partial charge in [-0.2, -0.15) is 0 Å². The molecule has 0 saturated carbocycles. The number of halogens is 1. The molecule has 0 fully saturated rings. The van der Waals surface area contributed by atoms with E-state index in [9.17, 15) is 4.79 Å². The molecule has 3 nitrogen and oxygen atoms in total. The predicted octanol–water partition coefficient (Wildman–Crippen LogP) is 4.08. The van der Waals surface area contributed by atoms with E-state index in [1.165, 1.54) is 11.3 Å². The van der Waals surface area contributed by atoms with Crippen molar-refractivity contribution < 1.29 is 4.79 Å². The largest absolute Gasteiger partial charge is 0.320 e. The van der Waals surface area contributed by atoms with Crippen molar-refractivity contribution in [2.24, 2.45) is 0 Å². The highest BCUT2D eigenvalue weighted by atomic mass is 79.9. The van der Waals surface area contributed by atoms with Crippen molar-refractivity contribution in [2.45, 2.75) is 20.8 Å². The van der Waals surface area contributed by atoms with Gasteiger partial charge in [0.25, 0.3) is 5.91 Å². The Bertz CT molecular complexity index is 607. The molecule has 1 amide bonds. The molecule has 5 heteroatoms. The summed E-state index contributed by atoms with van der Waals surface area (Å²) < 4.78 is 0.875. The number of aromatic nitrogens is 1. The number of aryl methyl sites for hydroxylation is 3. The van der Waals surface area contributed by atoms with Crippen LogP contribution in [0.25, 0.3) is 0 Å². The van der Waals surface area contributed by atoms with Crippen LogP contribution in [0.2, 0.25) is 0 Å². The molecular formula is C13H13BrN2OS. The first-order chi connectivity index (χ1) is 8.47. The van der Waals surface area contributed by atoms with Crippen LogP contribution in [0.3, 0.4) is 0 Å². The zero-order valence-electron chi connectivity index (χ0n) is 10.4. The number of carbonyl (C=O) groups excluding carboxylic acids is 1. The number of amides is 1. The lowest BCUT2D eigenvalue weighted by Gasteiger charge is -2.07. The van der Waals surface area contributed by atoms with E-state index >= 15 is 0 Å². The van der Waals surface area contributed by atoms with E-state index in [1.54, 1.807) is 0 Å². The highest BCUT2D eigenvalue weighted by Crippen LogP contribution is 2.25. The van der Waals surface area contributed by atoms with Crippen LogP contribution in [0, 0.1) is 20.8 Å². The molecule has 0 aliphatic heterocycles. The number of benzene rings is 1. The summed E-state index contributed by atoms with van der Waals surface area (Å²) in [6.07, 6.45) is 0. The fraction of sp³-hybridized carbons (Fsp3) is 0.231. The van der Waals surface area contributed by atoms with Gasteiger partial charge < -0.3 is 5.32 Å². The molecule has 0 aliphatic carbocycles. The first-order valence-corrected chi connectivity index (χ1v) is 7.10. The second-order valence-electron chi connectivity index (χ2n) is 4.08. The quantitative estimate of drug-likeness (QED) is 0.904. The third-order valence-electron chi connectivity index (χ3n) is 2.49. The average molecular weight is 325 g/mol. The fourth-order valence-corrected chi connectivity index (χ4v) is 3.05. The van der Waals surface area contributed by atoms with Crippen molar-refractivity contribution >= 4 is 38.9 Å². The smallest absolute Gasteiger partial charge is 0.275 e. The summed E-state index contributed by atoms with van der Waals surface area (Å²) in [5.74, 6) is -0.165. The van der Waals surface area contributed by atoms with Gasteiger partial charge in [-0.25, -0.2) is 4.98 Å². The maximum Gasteiger partial charge on any atom is 0.275 e. The van der Waals surface area contributed by atoms with E-state index in [0.29, 0.717) is 5.69 Å². The van der Waals surface area contributed by atoms with Crippen LogP contribution in [0.1, 0.15) is 25.9 Å². The molecule has 94 valence electrons. The number of carbonyl (C=O) groups is 1. The number of hydrogen-bond acceptors (Lipinski definition) is 3. The molecule has 1 N–H and O–H groups in total. The van der Waals surface area contributed by atoms with Crippen LogP contribution in [-0.2, 0) is 0 Å². The molecule has 0 atom stereocenters. The number of hydrogen-bond donors (Lipinski definition) is 1. The molecule has 1 aromatic carbocycles. The molecule has 18 heavy (non-hydrogen) atoms. The lowest BCUT2D eigenvalue weighted by Crippen LogP contribution is -2.13. The Labute approximate surface area is 118 Å². The third-order valence-corrected chi connectivity index (χ3v) is 4.03. The summed E-state index contributed by atoms with van der Waals surface area (Å²) in [5.41, 5.74) is 2.40. The minimum absolute atomic E-state index is 0.165. The Morgan fingerprint density at radius 1 is 1.33 bits per heavy atom. The van der Waals surface area contributed by atoms with Gasteiger partial charge in [0.05, 0.1) is 10.7 Å². The van der Waals surface area contributed by atoms with Gasteiger partial charge in [-0.05, 0) is 54.4 Å². The monoisotopic (exact) mass is 324 g/mol. The minimum Gasteiger partial charge on any atom is -0.320 e. The van der Waals surface area contributed by atoms with Crippen LogP contribution in [-0.4, -0.2) is 10.9 Å². The highest BCUT2D eigenvalue weighted by molar-refractivity contribution is 9.10. The Morgan fingerprint density at radius 3 is 2.61 bits per heavy atom. The predicted molar refractivity (Wildman–Crippen MR) is 78.4 cm³/mol. The van der Waals surface area contributed by atoms with Gasteiger partial charge in [0.1, 0.15) is 5.69 Å². The van der Waals surface area contributed by atoms with E-state index in [-0.39, 0.29) is 5.91 Å². The molecule has 2 aromatic rings. The van der Waals surface area contributed by atoms with Crippen LogP contribution in [0.5, 0.6) is 0 Å². The second kappa shape index (κ2) is 5.20. The lowest BCUT2D eigenvalue weighted by molar-refractivity contribution is 0.102. The maximum atomic E-state index is 12.1. The van der Waals surface area contributed by atoms with Gasteiger partial charge in [0, 0.05) is 9.35 Å². The molecule has 2 rings (SSSR count). The Balaban J connectivity index is 2.24. The molecule has 0 aliphatic rings. The standard InChI is InChI=1S/C13H13BrN2OS/c1-7-4-5-11(10(14)6-7)16-13(17)12-8(2)18-9(3)15-12/h4-6H,1-3H3,(H,16,17). The van der Waals surface area contributed by atoms with Crippen molar-refractivity contribution in [2.75, 3.05) is 5.32 Å². The number of rotatable bonds is 2. The van der Waals surface area contributed by atoms with Crippen molar-refractivity contribution in [3.05, 3.63) is 43.8 Å². The Morgan fingerprint density at radius 2 is 2.06 bits per heavy atom. The first kappa shape index (κ1) is 13.2. The number of nitrogens with one attached hydrogen (secondary N) is 1. The van der Waals surface area contributed by atoms with Gasteiger partial charge >= 0.3 is 0 Å². The van der Waals surface area contributed by atoms with Crippen LogP contribution in [0.15, 0.2) is 22.7 Å². The number of anilines is 1. The van der Waals surface area contributed by atoms with Crippen LogP contribution in [0.4, 0.5) is 5.69 Å². The lowest BCUT2D eigenvalue weighted by atomic mass is 10.2. The van der Waals surface area contributed by atoms with E-state index < -0.39 is 0 Å². The molecule has 1 heterocycles. The van der Waals surface area contributed by atoms with Crippen molar-refractivity contribution in [3.8, 4) is 0 Å². The minimum atomic E-state index is -0.165. The summed E-state index contributed by atoms with van der Waals surface area (Å²) in [6.45, 7) is 5.81. The molecule has 0 radical (unpaired) electrons.